The van der Waals surface area contributed by atoms with E-state index in [1.807, 2.05) is 0 Å². The molecule has 1 saturated heterocycles. The molecule has 18 heavy (non-hydrogen) atoms. The van der Waals surface area contributed by atoms with Crippen molar-refractivity contribution in [2.24, 2.45) is 0 Å². The molecule has 100 valence electrons. The second-order valence-electron chi connectivity index (χ2n) is 4.17. The number of aliphatic hydroxyl groups is 1. The third kappa shape index (κ3) is 2.58. The first-order valence-electron chi connectivity index (χ1n) is 5.54. The summed E-state index contributed by atoms with van der Waals surface area (Å²) in [6, 6.07) is 4.20. The molecule has 4 nitrogen and oxygen atoms in total. The maximum atomic E-state index is 12.4. The molecule has 1 N–H and O–H groups in total. The van der Waals surface area contributed by atoms with Crippen LogP contribution in [0.2, 0.25) is 5.02 Å². The molecule has 0 radical (unpaired) electrons. The Balaban J connectivity index is 2.38. The molecule has 1 aromatic rings. The minimum Gasteiger partial charge on any atom is -0.395 e. The number of aliphatic hydroxyl groups excluding tert-OH is 1. The highest BCUT2D eigenvalue weighted by molar-refractivity contribution is 9.10. The van der Waals surface area contributed by atoms with Crippen LogP contribution >= 0.6 is 27.5 Å². The lowest BCUT2D eigenvalue weighted by atomic mass is 10.2. The van der Waals surface area contributed by atoms with Crippen molar-refractivity contribution >= 4 is 37.6 Å². The molecule has 1 aromatic carbocycles. The third-order valence-corrected chi connectivity index (χ3v) is 6.19. The fourth-order valence-corrected chi connectivity index (χ4v) is 4.44. The maximum absolute atomic E-state index is 12.4. The number of hydrogen-bond acceptors (Lipinski definition) is 3. The van der Waals surface area contributed by atoms with Crippen LogP contribution in [0.25, 0.3) is 0 Å². The molecule has 0 amide bonds. The maximum Gasteiger partial charge on any atom is 0.243 e. The number of benzene rings is 1. The predicted octanol–water partition coefficient (Wildman–Crippen LogP) is 2.25. The van der Waals surface area contributed by atoms with E-state index >= 15 is 0 Å². The molecule has 1 atom stereocenters. The first kappa shape index (κ1) is 14.3. The van der Waals surface area contributed by atoms with E-state index in [0.717, 1.165) is 6.42 Å². The summed E-state index contributed by atoms with van der Waals surface area (Å²) >= 11 is 9.07. The van der Waals surface area contributed by atoms with Crippen LogP contribution in [0.1, 0.15) is 12.8 Å². The van der Waals surface area contributed by atoms with E-state index < -0.39 is 10.0 Å². The Labute approximate surface area is 120 Å². The first-order valence-corrected chi connectivity index (χ1v) is 8.15. The van der Waals surface area contributed by atoms with Crippen LogP contribution in [0, 0.1) is 0 Å². The van der Waals surface area contributed by atoms with Crippen molar-refractivity contribution in [2.45, 2.75) is 23.8 Å². The van der Waals surface area contributed by atoms with Gasteiger partial charge in [-0.15, -0.1) is 0 Å². The van der Waals surface area contributed by atoms with Crippen LogP contribution in [0.3, 0.4) is 0 Å². The van der Waals surface area contributed by atoms with E-state index in [2.05, 4.69) is 15.9 Å². The number of hydrogen-bond donors (Lipinski definition) is 1. The summed E-state index contributed by atoms with van der Waals surface area (Å²) in [4.78, 5) is 0.194. The number of rotatable bonds is 3. The Morgan fingerprint density at radius 2 is 2.22 bits per heavy atom. The van der Waals surface area contributed by atoms with Crippen molar-refractivity contribution in [1.82, 2.24) is 4.31 Å². The lowest BCUT2D eigenvalue weighted by molar-refractivity contribution is 0.213. The minimum atomic E-state index is -3.55. The van der Waals surface area contributed by atoms with E-state index in [0.29, 0.717) is 22.5 Å². The monoisotopic (exact) mass is 353 g/mol. The van der Waals surface area contributed by atoms with Crippen molar-refractivity contribution in [2.75, 3.05) is 13.2 Å². The normalized spacial score (nSPS) is 21.4. The van der Waals surface area contributed by atoms with Crippen LogP contribution in [0.5, 0.6) is 0 Å². The lowest BCUT2D eigenvalue weighted by Crippen LogP contribution is -2.37. The highest BCUT2D eigenvalue weighted by atomic mass is 79.9. The van der Waals surface area contributed by atoms with Gasteiger partial charge in [0, 0.05) is 17.1 Å². The fourth-order valence-electron chi connectivity index (χ4n) is 2.08. The Hall–Kier alpha value is -0.140. The minimum absolute atomic E-state index is 0.145. The van der Waals surface area contributed by atoms with Gasteiger partial charge in [-0.05, 0) is 47.0 Å². The van der Waals surface area contributed by atoms with Gasteiger partial charge in [-0.1, -0.05) is 11.6 Å². The van der Waals surface area contributed by atoms with Crippen molar-refractivity contribution in [3.05, 3.63) is 27.7 Å². The largest absolute Gasteiger partial charge is 0.395 e. The zero-order chi connectivity index (χ0) is 13.3. The summed E-state index contributed by atoms with van der Waals surface area (Å²) in [7, 11) is -3.55. The van der Waals surface area contributed by atoms with E-state index in [1.165, 1.54) is 16.4 Å². The van der Waals surface area contributed by atoms with Crippen molar-refractivity contribution in [1.29, 1.82) is 0 Å². The van der Waals surface area contributed by atoms with Gasteiger partial charge < -0.3 is 5.11 Å². The molecule has 0 bridgehead atoms. The van der Waals surface area contributed by atoms with Crippen molar-refractivity contribution < 1.29 is 13.5 Å². The average Bonchev–Trinajstić information content (AvgIpc) is 2.81. The summed E-state index contributed by atoms with van der Waals surface area (Å²) in [6.45, 7) is 0.307. The molecular weight excluding hydrogens is 342 g/mol. The number of sulfonamides is 1. The summed E-state index contributed by atoms with van der Waals surface area (Å²) < 4.78 is 26.7. The Morgan fingerprint density at radius 3 is 2.83 bits per heavy atom. The lowest BCUT2D eigenvalue weighted by Gasteiger charge is -2.22. The number of halogens is 2. The van der Waals surface area contributed by atoms with Crippen molar-refractivity contribution in [3.8, 4) is 0 Å². The van der Waals surface area contributed by atoms with Crippen molar-refractivity contribution in [3.63, 3.8) is 0 Å². The standard InChI is InChI=1S/C11H13BrClNO3S/c12-10-6-9(3-4-11(10)13)18(16,17)14-5-1-2-8(14)7-15/h3-4,6,8,15H,1-2,5,7H2/t8-/m0/s1. The third-order valence-electron chi connectivity index (χ3n) is 3.03. The first-order chi connectivity index (χ1) is 8.46. The Bertz CT molecular complexity index is 549. The molecule has 0 unspecified atom stereocenters. The average molecular weight is 355 g/mol. The van der Waals surface area contributed by atoms with Crippen LogP contribution in [-0.4, -0.2) is 37.0 Å². The highest BCUT2D eigenvalue weighted by Crippen LogP contribution is 2.30. The van der Waals surface area contributed by atoms with Gasteiger partial charge in [0.15, 0.2) is 0 Å². The molecular formula is C11H13BrClNO3S. The van der Waals surface area contributed by atoms with Gasteiger partial charge in [0.25, 0.3) is 0 Å². The summed E-state index contributed by atoms with van der Waals surface area (Å²) in [5, 5.41) is 9.68. The van der Waals surface area contributed by atoms with Gasteiger partial charge >= 0.3 is 0 Å². The molecule has 7 heteroatoms. The topological polar surface area (TPSA) is 57.6 Å². The predicted molar refractivity (Wildman–Crippen MR) is 73.2 cm³/mol. The molecule has 0 saturated carbocycles. The zero-order valence-corrected chi connectivity index (χ0v) is 12.7. The summed E-state index contributed by atoms with van der Waals surface area (Å²) in [6.07, 6.45) is 1.48. The van der Waals surface area contributed by atoms with Gasteiger partial charge in [-0.3, -0.25) is 0 Å². The van der Waals surface area contributed by atoms with Gasteiger partial charge in [-0.25, -0.2) is 8.42 Å². The Morgan fingerprint density at radius 1 is 1.50 bits per heavy atom. The van der Waals surface area contributed by atoms with Crippen LogP contribution in [0.15, 0.2) is 27.6 Å². The van der Waals surface area contributed by atoms with E-state index in [-0.39, 0.29) is 17.5 Å². The molecule has 1 aliphatic heterocycles. The highest BCUT2D eigenvalue weighted by Gasteiger charge is 2.34. The van der Waals surface area contributed by atoms with Crippen LogP contribution < -0.4 is 0 Å². The zero-order valence-electron chi connectivity index (χ0n) is 9.51. The van der Waals surface area contributed by atoms with E-state index in [9.17, 15) is 13.5 Å². The van der Waals surface area contributed by atoms with Gasteiger partial charge in [-0.2, -0.15) is 4.31 Å². The summed E-state index contributed by atoms with van der Waals surface area (Å²) in [5.74, 6) is 0. The molecule has 0 aromatic heterocycles. The second kappa shape index (κ2) is 5.46. The molecule has 2 rings (SSSR count). The second-order valence-corrected chi connectivity index (χ2v) is 7.32. The van der Waals surface area contributed by atoms with E-state index in [4.69, 9.17) is 11.6 Å². The molecule has 0 spiro atoms. The van der Waals surface area contributed by atoms with Gasteiger partial charge in [0.05, 0.1) is 16.5 Å². The quantitative estimate of drug-likeness (QED) is 0.906. The van der Waals surface area contributed by atoms with Crippen LogP contribution in [-0.2, 0) is 10.0 Å². The SMILES string of the molecule is O=S(=O)(c1ccc(Cl)c(Br)c1)N1CCC[C@H]1CO. The summed E-state index contributed by atoms with van der Waals surface area (Å²) in [5.41, 5.74) is 0. The molecule has 1 aliphatic rings. The molecule has 1 fully saturated rings. The molecule has 1 heterocycles. The van der Waals surface area contributed by atoms with E-state index in [1.54, 1.807) is 6.07 Å². The Kier molecular flexibility index (Phi) is 4.33. The van der Waals surface area contributed by atoms with Gasteiger partial charge in [0.2, 0.25) is 10.0 Å². The molecule has 0 aliphatic carbocycles. The smallest absolute Gasteiger partial charge is 0.243 e. The fraction of sp³-hybridized carbons (Fsp3) is 0.455. The number of nitrogens with zero attached hydrogens (tertiary/aromatic N) is 1. The van der Waals surface area contributed by atoms with Crippen LogP contribution in [0.4, 0.5) is 0 Å². The van der Waals surface area contributed by atoms with Gasteiger partial charge in [0.1, 0.15) is 0 Å².